The van der Waals surface area contributed by atoms with E-state index in [2.05, 4.69) is 40.6 Å². The van der Waals surface area contributed by atoms with Gasteiger partial charge in [0.1, 0.15) is 28.7 Å². The highest BCUT2D eigenvalue weighted by Gasteiger charge is 2.12. The molecule has 0 bridgehead atoms. The third-order valence-electron chi connectivity index (χ3n) is 5.90. The molecule has 0 saturated heterocycles. The summed E-state index contributed by atoms with van der Waals surface area (Å²) in [4.78, 5) is 4.51. The Bertz CT molecular complexity index is 1250. The predicted octanol–water partition coefficient (Wildman–Crippen LogP) is 6.47. The second-order valence-corrected chi connectivity index (χ2v) is 8.47. The fourth-order valence-corrected chi connectivity index (χ4v) is 4.12. The lowest BCUT2D eigenvalue weighted by Crippen LogP contribution is -2.19. The number of hydrogen-bond acceptors (Lipinski definition) is 5. The molecule has 0 amide bonds. The van der Waals surface area contributed by atoms with E-state index in [9.17, 15) is 0 Å². The molecule has 3 aromatic carbocycles. The monoisotopic (exact) mass is 454 g/mol. The van der Waals surface area contributed by atoms with Gasteiger partial charge in [-0.25, -0.2) is 0 Å². The molecule has 174 valence electrons. The van der Waals surface area contributed by atoms with Crippen molar-refractivity contribution < 1.29 is 13.9 Å². The van der Waals surface area contributed by atoms with Crippen LogP contribution < -0.4 is 14.8 Å². The zero-order chi connectivity index (χ0) is 23.0. The molecule has 1 aliphatic rings. The highest BCUT2D eigenvalue weighted by Crippen LogP contribution is 2.30. The molecular weight excluding hydrogens is 424 g/mol. The number of ether oxygens (including phenoxy) is 2. The first-order chi connectivity index (χ1) is 16.8. The van der Waals surface area contributed by atoms with Gasteiger partial charge in [0.25, 0.3) is 0 Å². The number of rotatable bonds is 11. The molecule has 0 aliphatic carbocycles. The Morgan fingerprint density at radius 2 is 1.53 bits per heavy atom. The van der Waals surface area contributed by atoms with Crippen molar-refractivity contribution in [3.8, 4) is 22.8 Å². The molecule has 2 heterocycles. The number of fused-ring (bicyclic) bond motifs is 1. The summed E-state index contributed by atoms with van der Waals surface area (Å²) in [5.41, 5.74) is 2.99. The molecular formula is C29H30N2O3. The van der Waals surface area contributed by atoms with Gasteiger partial charge in [0.2, 0.25) is 0 Å². The van der Waals surface area contributed by atoms with Crippen LogP contribution in [0.4, 0.5) is 0 Å². The summed E-state index contributed by atoms with van der Waals surface area (Å²) >= 11 is 0. The number of nitrogens with one attached hydrogen (secondary N) is 1. The zero-order valence-electron chi connectivity index (χ0n) is 19.3. The van der Waals surface area contributed by atoms with Crippen LogP contribution in [0.15, 0.2) is 88.3 Å². The van der Waals surface area contributed by atoms with E-state index in [4.69, 9.17) is 13.9 Å². The average Bonchev–Trinajstić information content (AvgIpc) is 3.56. The number of hydrogen-bond donors (Lipinski definition) is 1. The van der Waals surface area contributed by atoms with Gasteiger partial charge in [0, 0.05) is 23.1 Å². The summed E-state index contributed by atoms with van der Waals surface area (Å²) < 4.78 is 17.9. The van der Waals surface area contributed by atoms with Crippen molar-refractivity contribution >= 4 is 16.8 Å². The summed E-state index contributed by atoms with van der Waals surface area (Å²) in [5, 5.41) is 4.40. The fraction of sp³-hybridized carbons (Fsp3) is 0.276. The van der Waals surface area contributed by atoms with Crippen molar-refractivity contribution in [1.29, 1.82) is 0 Å². The molecule has 0 fully saturated rings. The Labute approximate surface area is 200 Å². The number of para-hydroxylation sites is 1. The van der Waals surface area contributed by atoms with Crippen molar-refractivity contribution in [2.24, 2.45) is 4.99 Å². The summed E-state index contributed by atoms with van der Waals surface area (Å²) in [6.45, 7) is 3.21. The highest BCUT2D eigenvalue weighted by molar-refractivity contribution is 6.02. The van der Waals surface area contributed by atoms with Crippen molar-refractivity contribution in [2.75, 3.05) is 26.3 Å². The molecule has 5 rings (SSSR count). The molecule has 0 radical (unpaired) electrons. The number of unbranched alkanes of at least 4 members (excludes halogenated alkanes) is 3. The summed E-state index contributed by atoms with van der Waals surface area (Å²) in [6, 6.07) is 26.4. The zero-order valence-corrected chi connectivity index (χ0v) is 19.3. The van der Waals surface area contributed by atoms with Gasteiger partial charge < -0.3 is 19.2 Å². The van der Waals surface area contributed by atoms with Gasteiger partial charge in [-0.3, -0.25) is 4.99 Å². The van der Waals surface area contributed by atoms with Gasteiger partial charge in [-0.2, -0.15) is 0 Å². The normalized spacial score (nSPS) is 13.0. The minimum atomic E-state index is 0.710. The molecule has 0 spiro atoms. The van der Waals surface area contributed by atoms with Crippen LogP contribution in [0.1, 0.15) is 31.2 Å². The van der Waals surface area contributed by atoms with E-state index in [1.165, 1.54) is 0 Å². The van der Waals surface area contributed by atoms with E-state index in [1.807, 2.05) is 48.5 Å². The van der Waals surface area contributed by atoms with Crippen LogP contribution in [0, 0.1) is 0 Å². The lowest BCUT2D eigenvalue weighted by atomic mass is 10.1. The third kappa shape index (κ3) is 5.60. The first-order valence-electron chi connectivity index (χ1n) is 12.1. The smallest absolute Gasteiger partial charge is 0.135 e. The molecule has 0 saturated carbocycles. The Morgan fingerprint density at radius 3 is 2.32 bits per heavy atom. The number of aliphatic imine (C=N–C) groups is 1. The van der Waals surface area contributed by atoms with E-state index in [0.717, 1.165) is 90.6 Å². The summed E-state index contributed by atoms with van der Waals surface area (Å²) in [5.74, 6) is 3.62. The maximum absolute atomic E-state index is 6.11. The standard InChI is InChI=1S/C29H30N2O3/c1(6-17-32-25-10-4-3-5-11-25)2-7-18-33-26-12-8-9-22(20-26)28-21-24-19-23(13-14-27(24)34-28)29-30-15-16-31-29/h3-5,8-14,19-21H,1-2,6-7,15-18H2,(H,30,31). The Hall–Kier alpha value is -3.73. The third-order valence-corrected chi connectivity index (χ3v) is 5.90. The molecule has 5 heteroatoms. The van der Waals surface area contributed by atoms with E-state index in [-0.39, 0.29) is 0 Å². The van der Waals surface area contributed by atoms with Gasteiger partial charge in [0.05, 0.1) is 19.8 Å². The Morgan fingerprint density at radius 1 is 0.735 bits per heavy atom. The molecule has 34 heavy (non-hydrogen) atoms. The van der Waals surface area contributed by atoms with Crippen LogP contribution in [0.3, 0.4) is 0 Å². The lowest BCUT2D eigenvalue weighted by Gasteiger charge is -2.08. The maximum Gasteiger partial charge on any atom is 0.135 e. The van der Waals surface area contributed by atoms with Gasteiger partial charge >= 0.3 is 0 Å². The topological polar surface area (TPSA) is 56.0 Å². The number of benzene rings is 3. The van der Waals surface area contributed by atoms with Crippen LogP contribution in [-0.2, 0) is 0 Å². The van der Waals surface area contributed by atoms with Crippen LogP contribution in [0.25, 0.3) is 22.3 Å². The lowest BCUT2D eigenvalue weighted by molar-refractivity contribution is 0.287. The molecule has 0 unspecified atom stereocenters. The van der Waals surface area contributed by atoms with E-state index >= 15 is 0 Å². The number of nitrogens with zero attached hydrogens (tertiary/aromatic N) is 1. The second-order valence-electron chi connectivity index (χ2n) is 8.47. The average molecular weight is 455 g/mol. The van der Waals surface area contributed by atoms with Crippen molar-refractivity contribution in [3.63, 3.8) is 0 Å². The van der Waals surface area contributed by atoms with Gasteiger partial charge in [-0.1, -0.05) is 30.3 Å². The minimum Gasteiger partial charge on any atom is -0.494 e. The Kier molecular flexibility index (Phi) is 7.10. The fourth-order valence-electron chi connectivity index (χ4n) is 4.12. The quantitative estimate of drug-likeness (QED) is 0.264. The van der Waals surface area contributed by atoms with Gasteiger partial charge in [-0.05, 0) is 74.2 Å². The molecule has 1 N–H and O–H groups in total. The van der Waals surface area contributed by atoms with Crippen molar-refractivity contribution in [2.45, 2.75) is 25.7 Å². The minimum absolute atomic E-state index is 0.710. The Balaban J connectivity index is 1.09. The number of amidine groups is 1. The van der Waals surface area contributed by atoms with Crippen molar-refractivity contribution in [3.05, 3.63) is 84.4 Å². The SMILES string of the molecule is c1ccc(OCCCCCCOc2cccc(-c3cc4cc(C5=NCCN5)ccc4o3)c2)cc1. The van der Waals surface area contributed by atoms with E-state index < -0.39 is 0 Å². The van der Waals surface area contributed by atoms with Crippen molar-refractivity contribution in [1.82, 2.24) is 5.32 Å². The summed E-state index contributed by atoms with van der Waals surface area (Å²) in [7, 11) is 0. The summed E-state index contributed by atoms with van der Waals surface area (Å²) in [6.07, 6.45) is 4.35. The molecule has 1 aromatic heterocycles. The second kappa shape index (κ2) is 10.9. The largest absolute Gasteiger partial charge is 0.494 e. The molecule has 1 aliphatic heterocycles. The van der Waals surface area contributed by atoms with E-state index in [0.29, 0.717) is 6.61 Å². The molecule has 5 nitrogen and oxygen atoms in total. The van der Waals surface area contributed by atoms with Gasteiger partial charge in [0.15, 0.2) is 0 Å². The van der Waals surface area contributed by atoms with Crippen LogP contribution in [0.5, 0.6) is 11.5 Å². The number of furan rings is 1. The van der Waals surface area contributed by atoms with Crippen LogP contribution in [-0.4, -0.2) is 32.1 Å². The first-order valence-corrected chi connectivity index (χ1v) is 12.1. The maximum atomic E-state index is 6.11. The van der Waals surface area contributed by atoms with E-state index in [1.54, 1.807) is 0 Å². The highest BCUT2D eigenvalue weighted by atomic mass is 16.5. The van der Waals surface area contributed by atoms with Crippen LogP contribution >= 0.6 is 0 Å². The predicted molar refractivity (Wildman–Crippen MR) is 137 cm³/mol. The van der Waals surface area contributed by atoms with Gasteiger partial charge in [-0.15, -0.1) is 0 Å². The van der Waals surface area contributed by atoms with Crippen LogP contribution in [0.2, 0.25) is 0 Å². The molecule has 4 aromatic rings. The molecule has 0 atom stereocenters. The first kappa shape index (κ1) is 22.1.